The third-order valence-electron chi connectivity index (χ3n) is 3.87. The van der Waals surface area contributed by atoms with E-state index in [4.69, 9.17) is 9.47 Å². The van der Waals surface area contributed by atoms with Crippen molar-refractivity contribution >= 4 is 5.69 Å². The molecule has 2 aromatic carbocycles. The lowest BCUT2D eigenvalue weighted by Gasteiger charge is -2.17. The van der Waals surface area contributed by atoms with Crippen LogP contribution in [0.4, 0.5) is 10.1 Å². The third kappa shape index (κ3) is 2.42. The molecule has 0 saturated heterocycles. The topological polar surface area (TPSA) is 30.5 Å². The Hall–Kier alpha value is -2.23. The summed E-state index contributed by atoms with van der Waals surface area (Å²) in [7, 11) is 3.12. The summed E-state index contributed by atoms with van der Waals surface area (Å²) >= 11 is 0. The van der Waals surface area contributed by atoms with Crippen LogP contribution in [0.25, 0.3) is 0 Å². The molecule has 4 heteroatoms. The highest BCUT2D eigenvalue weighted by atomic mass is 19.1. The molecule has 0 radical (unpaired) electrons. The normalized spacial score (nSPS) is 14.2. The molecule has 0 saturated carbocycles. The number of halogens is 1. The van der Waals surface area contributed by atoms with E-state index >= 15 is 4.39 Å². The average molecular weight is 287 g/mol. The van der Waals surface area contributed by atoms with Gasteiger partial charge in [0.25, 0.3) is 0 Å². The van der Waals surface area contributed by atoms with Crippen LogP contribution in [0.5, 0.6) is 11.5 Å². The van der Waals surface area contributed by atoms with E-state index in [2.05, 4.69) is 5.32 Å². The number of hydrogen-bond donors (Lipinski definition) is 1. The zero-order valence-electron chi connectivity index (χ0n) is 12.2. The maximum absolute atomic E-state index is 15.0. The molecule has 2 aromatic rings. The Kier molecular flexibility index (Phi) is 3.69. The van der Waals surface area contributed by atoms with Gasteiger partial charge >= 0.3 is 0 Å². The van der Waals surface area contributed by atoms with Crippen molar-refractivity contribution in [3.8, 4) is 11.5 Å². The molecule has 1 N–H and O–H groups in total. The minimum atomic E-state index is -1.23. The van der Waals surface area contributed by atoms with Gasteiger partial charge in [0.1, 0.15) is 11.5 Å². The standard InChI is InChI=1S/C17H18FNO2/c1-20-12-6-7-13(15(10-12)21-2)16(18)14-5-3-4-11-8-9-19-17(11)14/h3-7,10,16,19H,8-9H2,1-2H3. The van der Waals surface area contributed by atoms with Crippen molar-refractivity contribution in [2.24, 2.45) is 0 Å². The summed E-state index contributed by atoms with van der Waals surface area (Å²) in [5.74, 6) is 1.15. The molecule has 0 amide bonds. The van der Waals surface area contributed by atoms with Crippen LogP contribution in [0.2, 0.25) is 0 Å². The van der Waals surface area contributed by atoms with E-state index in [0.29, 0.717) is 22.6 Å². The van der Waals surface area contributed by atoms with Gasteiger partial charge in [-0.05, 0) is 24.1 Å². The molecule has 110 valence electrons. The predicted molar refractivity (Wildman–Crippen MR) is 81.1 cm³/mol. The fraction of sp³-hybridized carbons (Fsp3) is 0.294. The Bertz CT molecular complexity index is 657. The van der Waals surface area contributed by atoms with Crippen molar-refractivity contribution in [2.75, 3.05) is 26.1 Å². The van der Waals surface area contributed by atoms with Crippen molar-refractivity contribution in [2.45, 2.75) is 12.6 Å². The summed E-state index contributed by atoms with van der Waals surface area (Å²) in [6, 6.07) is 10.9. The number of hydrogen-bond acceptors (Lipinski definition) is 3. The van der Waals surface area contributed by atoms with E-state index in [1.54, 1.807) is 32.4 Å². The first-order valence-electron chi connectivity index (χ1n) is 6.96. The van der Waals surface area contributed by atoms with Gasteiger partial charge in [-0.3, -0.25) is 0 Å². The smallest absolute Gasteiger partial charge is 0.156 e. The van der Waals surface area contributed by atoms with Crippen molar-refractivity contribution < 1.29 is 13.9 Å². The number of methoxy groups -OCH3 is 2. The number of anilines is 1. The van der Waals surface area contributed by atoms with Crippen molar-refractivity contribution in [3.63, 3.8) is 0 Å². The SMILES string of the molecule is COc1ccc(C(F)c2cccc3c2NCC3)c(OC)c1. The number of para-hydroxylation sites is 1. The lowest BCUT2D eigenvalue weighted by molar-refractivity contribution is 0.359. The number of alkyl halides is 1. The van der Waals surface area contributed by atoms with Gasteiger partial charge in [0, 0.05) is 29.4 Å². The number of rotatable bonds is 4. The van der Waals surface area contributed by atoms with Crippen molar-refractivity contribution in [3.05, 3.63) is 53.1 Å². The highest BCUT2D eigenvalue weighted by Gasteiger charge is 2.24. The summed E-state index contributed by atoms with van der Waals surface area (Å²) in [4.78, 5) is 0. The Labute approximate surface area is 123 Å². The fourth-order valence-corrected chi connectivity index (χ4v) is 2.77. The first-order chi connectivity index (χ1) is 10.2. The van der Waals surface area contributed by atoms with E-state index < -0.39 is 6.17 Å². The zero-order valence-corrected chi connectivity index (χ0v) is 12.2. The molecule has 0 fully saturated rings. The van der Waals surface area contributed by atoms with Crippen LogP contribution in [0.1, 0.15) is 22.9 Å². The predicted octanol–water partition coefficient (Wildman–Crippen LogP) is 3.73. The molecule has 3 rings (SSSR count). The van der Waals surface area contributed by atoms with E-state index in [9.17, 15) is 0 Å². The Morgan fingerprint density at radius 2 is 1.95 bits per heavy atom. The maximum atomic E-state index is 15.0. The lowest BCUT2D eigenvalue weighted by Crippen LogP contribution is -2.02. The van der Waals surface area contributed by atoms with Crippen LogP contribution in [-0.2, 0) is 6.42 Å². The number of benzene rings is 2. The summed E-state index contributed by atoms with van der Waals surface area (Å²) in [6.07, 6.45) is -0.290. The van der Waals surface area contributed by atoms with Gasteiger partial charge in [0.15, 0.2) is 6.17 Å². The quantitative estimate of drug-likeness (QED) is 0.929. The molecule has 21 heavy (non-hydrogen) atoms. The third-order valence-corrected chi connectivity index (χ3v) is 3.87. The second-order valence-corrected chi connectivity index (χ2v) is 5.03. The molecule has 1 heterocycles. The van der Waals surface area contributed by atoms with Crippen LogP contribution >= 0.6 is 0 Å². The largest absolute Gasteiger partial charge is 0.497 e. The van der Waals surface area contributed by atoms with Crippen LogP contribution in [-0.4, -0.2) is 20.8 Å². The molecule has 0 aliphatic carbocycles. The summed E-state index contributed by atoms with van der Waals surface area (Å²) < 4.78 is 25.5. The van der Waals surface area contributed by atoms with Crippen LogP contribution in [0, 0.1) is 0 Å². The molecular formula is C17H18FNO2. The van der Waals surface area contributed by atoms with Gasteiger partial charge in [-0.2, -0.15) is 0 Å². The average Bonchev–Trinajstić information content (AvgIpc) is 3.02. The molecule has 0 spiro atoms. The minimum absolute atomic E-state index is 0.498. The molecule has 1 aliphatic rings. The molecule has 0 aromatic heterocycles. The van der Waals surface area contributed by atoms with Gasteiger partial charge in [-0.1, -0.05) is 18.2 Å². The fourth-order valence-electron chi connectivity index (χ4n) is 2.77. The Balaban J connectivity index is 2.03. The Morgan fingerprint density at radius 1 is 1.10 bits per heavy atom. The molecule has 1 unspecified atom stereocenters. The summed E-state index contributed by atoms with van der Waals surface area (Å²) in [5.41, 5.74) is 3.26. The van der Waals surface area contributed by atoms with Gasteiger partial charge in [-0.25, -0.2) is 4.39 Å². The molecule has 1 atom stereocenters. The number of fused-ring (bicyclic) bond motifs is 1. The summed E-state index contributed by atoms with van der Waals surface area (Å²) in [5, 5.41) is 3.27. The van der Waals surface area contributed by atoms with E-state index in [1.165, 1.54) is 5.56 Å². The first-order valence-corrected chi connectivity index (χ1v) is 6.96. The summed E-state index contributed by atoms with van der Waals surface area (Å²) in [6.45, 7) is 0.860. The number of ether oxygens (including phenoxy) is 2. The van der Waals surface area contributed by atoms with Crippen LogP contribution in [0.3, 0.4) is 0 Å². The molecule has 0 bridgehead atoms. The van der Waals surface area contributed by atoms with Crippen molar-refractivity contribution in [1.82, 2.24) is 0 Å². The minimum Gasteiger partial charge on any atom is -0.497 e. The van der Waals surface area contributed by atoms with Gasteiger partial charge in [0.05, 0.1) is 14.2 Å². The number of nitrogens with one attached hydrogen (secondary N) is 1. The lowest BCUT2D eigenvalue weighted by atomic mass is 9.98. The second-order valence-electron chi connectivity index (χ2n) is 5.03. The molecule has 1 aliphatic heterocycles. The highest BCUT2D eigenvalue weighted by Crippen LogP contribution is 2.40. The molecule has 3 nitrogen and oxygen atoms in total. The zero-order chi connectivity index (χ0) is 14.8. The van der Waals surface area contributed by atoms with E-state index in [1.807, 2.05) is 18.2 Å². The Morgan fingerprint density at radius 3 is 2.71 bits per heavy atom. The monoisotopic (exact) mass is 287 g/mol. The van der Waals surface area contributed by atoms with Gasteiger partial charge < -0.3 is 14.8 Å². The highest BCUT2D eigenvalue weighted by molar-refractivity contribution is 5.64. The first kappa shape index (κ1) is 13.7. The van der Waals surface area contributed by atoms with Crippen molar-refractivity contribution in [1.29, 1.82) is 0 Å². The van der Waals surface area contributed by atoms with E-state index in [0.717, 1.165) is 18.7 Å². The molecular weight excluding hydrogens is 269 g/mol. The van der Waals surface area contributed by atoms with Crippen LogP contribution in [0.15, 0.2) is 36.4 Å². The van der Waals surface area contributed by atoms with Gasteiger partial charge in [0.2, 0.25) is 0 Å². The van der Waals surface area contributed by atoms with E-state index in [-0.39, 0.29) is 0 Å². The van der Waals surface area contributed by atoms with Gasteiger partial charge in [-0.15, -0.1) is 0 Å². The second kappa shape index (κ2) is 5.64. The maximum Gasteiger partial charge on any atom is 0.156 e. The van der Waals surface area contributed by atoms with Crippen LogP contribution < -0.4 is 14.8 Å².